The topological polar surface area (TPSA) is 88.0 Å². The van der Waals surface area contributed by atoms with Crippen molar-refractivity contribution >= 4 is 34.3 Å². The molecule has 0 unspecified atom stereocenters. The molecule has 0 aliphatic rings. The Morgan fingerprint density at radius 1 is 1.30 bits per heavy atom. The standard InChI is InChI=1S/C13H8ClN3O3/c14-11-3-1-2-8(16-11)12(18)15-7-4-5-10-9(6-7)17-13(19)20-10/h1-6H,(H,15,18)(H,17,19). The molecule has 100 valence electrons. The zero-order valence-corrected chi connectivity index (χ0v) is 10.8. The van der Waals surface area contributed by atoms with Crippen molar-refractivity contribution in [1.29, 1.82) is 0 Å². The van der Waals surface area contributed by atoms with E-state index in [9.17, 15) is 9.59 Å². The first-order valence-electron chi connectivity index (χ1n) is 5.68. The minimum atomic E-state index is -0.542. The van der Waals surface area contributed by atoms with Crippen LogP contribution in [0.1, 0.15) is 10.5 Å². The molecule has 0 atom stereocenters. The number of anilines is 1. The fourth-order valence-corrected chi connectivity index (χ4v) is 1.92. The minimum Gasteiger partial charge on any atom is -0.408 e. The predicted molar refractivity (Wildman–Crippen MR) is 74.0 cm³/mol. The lowest BCUT2D eigenvalue weighted by molar-refractivity contribution is 0.102. The van der Waals surface area contributed by atoms with E-state index in [1.165, 1.54) is 0 Å². The normalized spacial score (nSPS) is 10.7. The van der Waals surface area contributed by atoms with Gasteiger partial charge in [0.2, 0.25) is 0 Å². The Labute approximate surface area is 117 Å². The van der Waals surface area contributed by atoms with Crippen LogP contribution in [0.3, 0.4) is 0 Å². The summed E-state index contributed by atoms with van der Waals surface area (Å²) < 4.78 is 4.87. The summed E-state index contributed by atoms with van der Waals surface area (Å²) in [6.07, 6.45) is 0. The van der Waals surface area contributed by atoms with Crippen LogP contribution in [0.4, 0.5) is 5.69 Å². The molecule has 7 heteroatoms. The summed E-state index contributed by atoms with van der Waals surface area (Å²) >= 11 is 5.73. The van der Waals surface area contributed by atoms with Gasteiger partial charge in [-0.25, -0.2) is 9.78 Å². The van der Waals surface area contributed by atoms with E-state index in [2.05, 4.69) is 15.3 Å². The predicted octanol–water partition coefficient (Wildman–Crippen LogP) is 2.42. The van der Waals surface area contributed by atoms with Crippen LogP contribution in [0.2, 0.25) is 5.15 Å². The quantitative estimate of drug-likeness (QED) is 0.709. The number of carbonyl (C=O) groups excluding carboxylic acids is 1. The number of halogens is 1. The van der Waals surface area contributed by atoms with Crippen LogP contribution in [0.15, 0.2) is 45.6 Å². The van der Waals surface area contributed by atoms with E-state index in [1.54, 1.807) is 36.4 Å². The van der Waals surface area contributed by atoms with Crippen LogP contribution in [-0.4, -0.2) is 15.9 Å². The summed E-state index contributed by atoms with van der Waals surface area (Å²) in [7, 11) is 0. The zero-order valence-electron chi connectivity index (χ0n) is 10.0. The number of benzene rings is 1. The highest BCUT2D eigenvalue weighted by molar-refractivity contribution is 6.29. The summed E-state index contributed by atoms with van der Waals surface area (Å²) in [4.78, 5) is 29.5. The van der Waals surface area contributed by atoms with Crippen LogP contribution in [0.5, 0.6) is 0 Å². The van der Waals surface area contributed by atoms with E-state index in [1.807, 2.05) is 0 Å². The highest BCUT2D eigenvalue weighted by atomic mass is 35.5. The zero-order chi connectivity index (χ0) is 14.1. The summed E-state index contributed by atoms with van der Waals surface area (Å²) in [5, 5.41) is 2.91. The van der Waals surface area contributed by atoms with Crippen molar-refractivity contribution in [2.75, 3.05) is 5.32 Å². The van der Waals surface area contributed by atoms with Gasteiger partial charge in [0.25, 0.3) is 5.91 Å². The second-order valence-electron chi connectivity index (χ2n) is 4.03. The number of carbonyl (C=O) groups is 1. The lowest BCUT2D eigenvalue weighted by atomic mass is 10.2. The molecule has 1 amide bonds. The first kappa shape index (κ1) is 12.4. The summed E-state index contributed by atoms with van der Waals surface area (Å²) in [6, 6.07) is 9.60. The van der Waals surface area contributed by atoms with Crippen molar-refractivity contribution in [3.63, 3.8) is 0 Å². The van der Waals surface area contributed by atoms with E-state index in [0.717, 1.165) is 0 Å². The van der Waals surface area contributed by atoms with Gasteiger partial charge in [0.1, 0.15) is 10.8 Å². The van der Waals surface area contributed by atoms with Gasteiger partial charge in [-0.15, -0.1) is 0 Å². The second kappa shape index (κ2) is 4.82. The van der Waals surface area contributed by atoms with Gasteiger partial charge in [-0.05, 0) is 30.3 Å². The molecule has 0 fully saturated rings. The van der Waals surface area contributed by atoms with Crippen molar-refractivity contribution in [3.8, 4) is 0 Å². The second-order valence-corrected chi connectivity index (χ2v) is 4.41. The third kappa shape index (κ3) is 2.41. The van der Waals surface area contributed by atoms with E-state index >= 15 is 0 Å². The molecule has 0 aliphatic heterocycles. The largest absolute Gasteiger partial charge is 0.417 e. The Hall–Kier alpha value is -2.60. The Kier molecular flexibility index (Phi) is 3.00. The maximum Gasteiger partial charge on any atom is 0.417 e. The van der Waals surface area contributed by atoms with Crippen LogP contribution < -0.4 is 11.1 Å². The fourth-order valence-electron chi connectivity index (χ4n) is 1.76. The molecule has 0 spiro atoms. The first-order valence-corrected chi connectivity index (χ1v) is 6.06. The van der Waals surface area contributed by atoms with Gasteiger partial charge in [-0.2, -0.15) is 0 Å². The van der Waals surface area contributed by atoms with Gasteiger partial charge in [0, 0.05) is 5.69 Å². The number of H-pyrrole nitrogens is 1. The van der Waals surface area contributed by atoms with Crippen molar-refractivity contribution in [1.82, 2.24) is 9.97 Å². The molecule has 1 aromatic carbocycles. The summed E-state index contributed by atoms with van der Waals surface area (Å²) in [5.74, 6) is -0.933. The molecule has 2 N–H and O–H groups in total. The third-order valence-corrected chi connectivity index (χ3v) is 2.84. The van der Waals surface area contributed by atoms with Crippen LogP contribution >= 0.6 is 11.6 Å². The Morgan fingerprint density at radius 2 is 2.15 bits per heavy atom. The average molecular weight is 290 g/mol. The summed E-state index contributed by atoms with van der Waals surface area (Å²) in [6.45, 7) is 0. The monoisotopic (exact) mass is 289 g/mol. The molecular formula is C13H8ClN3O3. The SMILES string of the molecule is O=C(Nc1ccc2oc(=O)[nH]c2c1)c1cccc(Cl)n1. The Bertz CT molecular complexity index is 853. The maximum absolute atomic E-state index is 12.0. The van der Waals surface area contributed by atoms with E-state index in [-0.39, 0.29) is 10.8 Å². The first-order chi connectivity index (χ1) is 9.61. The molecule has 3 rings (SSSR count). The summed E-state index contributed by atoms with van der Waals surface area (Å²) in [5.41, 5.74) is 1.65. The van der Waals surface area contributed by atoms with Gasteiger partial charge < -0.3 is 9.73 Å². The smallest absolute Gasteiger partial charge is 0.408 e. The van der Waals surface area contributed by atoms with Crippen molar-refractivity contribution in [2.45, 2.75) is 0 Å². The number of pyridine rings is 1. The molecule has 6 nitrogen and oxygen atoms in total. The molecule has 0 aliphatic carbocycles. The van der Waals surface area contributed by atoms with E-state index in [4.69, 9.17) is 16.0 Å². The van der Waals surface area contributed by atoms with Crippen LogP contribution in [0, 0.1) is 0 Å². The molecule has 0 radical (unpaired) electrons. The number of oxazole rings is 1. The van der Waals surface area contributed by atoms with Gasteiger partial charge >= 0.3 is 5.76 Å². The Morgan fingerprint density at radius 3 is 2.95 bits per heavy atom. The number of hydrogen-bond acceptors (Lipinski definition) is 4. The molecule has 2 aromatic heterocycles. The molecule has 0 saturated carbocycles. The number of aromatic amines is 1. The van der Waals surface area contributed by atoms with Gasteiger partial charge in [0.05, 0.1) is 5.52 Å². The molecule has 3 aromatic rings. The maximum atomic E-state index is 12.0. The Balaban J connectivity index is 1.88. The number of nitrogens with one attached hydrogen (secondary N) is 2. The number of aromatic nitrogens is 2. The van der Waals surface area contributed by atoms with Crippen molar-refractivity contribution < 1.29 is 9.21 Å². The highest BCUT2D eigenvalue weighted by Crippen LogP contribution is 2.17. The lowest BCUT2D eigenvalue weighted by Gasteiger charge is -2.04. The number of hydrogen-bond donors (Lipinski definition) is 2. The van der Waals surface area contributed by atoms with Crippen LogP contribution in [0.25, 0.3) is 11.1 Å². The van der Waals surface area contributed by atoms with E-state index < -0.39 is 11.7 Å². The van der Waals surface area contributed by atoms with Gasteiger partial charge in [-0.1, -0.05) is 17.7 Å². The highest BCUT2D eigenvalue weighted by Gasteiger charge is 2.09. The fraction of sp³-hybridized carbons (Fsp3) is 0. The van der Waals surface area contributed by atoms with Crippen LogP contribution in [-0.2, 0) is 0 Å². The number of amides is 1. The molecule has 0 saturated heterocycles. The number of fused-ring (bicyclic) bond motifs is 1. The van der Waals surface area contributed by atoms with Gasteiger partial charge in [-0.3, -0.25) is 9.78 Å². The third-order valence-electron chi connectivity index (χ3n) is 2.62. The van der Waals surface area contributed by atoms with Gasteiger partial charge in [0.15, 0.2) is 5.58 Å². The van der Waals surface area contributed by atoms with Crippen molar-refractivity contribution in [2.24, 2.45) is 0 Å². The average Bonchev–Trinajstić information content (AvgIpc) is 2.78. The lowest BCUT2D eigenvalue weighted by Crippen LogP contribution is -2.13. The number of rotatable bonds is 2. The molecule has 0 bridgehead atoms. The molecule has 20 heavy (non-hydrogen) atoms. The minimum absolute atomic E-state index is 0.207. The van der Waals surface area contributed by atoms with E-state index in [0.29, 0.717) is 16.8 Å². The van der Waals surface area contributed by atoms with Crippen molar-refractivity contribution in [3.05, 3.63) is 57.8 Å². The molecule has 2 heterocycles. The molecular weight excluding hydrogens is 282 g/mol. The number of nitrogens with zero attached hydrogens (tertiary/aromatic N) is 1.